The number of aliphatic carboxylic acids is 1. The molecule has 0 fully saturated rings. The average molecular weight is 413 g/mol. The lowest BCUT2D eigenvalue weighted by molar-refractivity contribution is -0.139. The molecule has 0 spiro atoms. The average Bonchev–Trinajstić information content (AvgIpc) is 3.21. The number of tetrazole rings is 1. The summed E-state index contributed by atoms with van der Waals surface area (Å²) in [4.78, 5) is 36.9. The third kappa shape index (κ3) is 6.23. The van der Waals surface area contributed by atoms with Crippen LogP contribution in [0.4, 0.5) is 4.79 Å². The van der Waals surface area contributed by atoms with Crippen LogP contribution in [0.2, 0.25) is 0 Å². The van der Waals surface area contributed by atoms with E-state index in [1.807, 2.05) is 12.1 Å². The van der Waals surface area contributed by atoms with Gasteiger partial charge in [-0.15, -0.1) is 10.2 Å². The van der Waals surface area contributed by atoms with Gasteiger partial charge < -0.3 is 15.2 Å². The maximum atomic E-state index is 12.6. The highest BCUT2D eigenvalue weighted by molar-refractivity contribution is 5.90. The molecule has 1 aliphatic rings. The molecule has 1 aromatic heterocycles. The van der Waals surface area contributed by atoms with Gasteiger partial charge in [0.05, 0.1) is 6.42 Å². The van der Waals surface area contributed by atoms with Crippen molar-refractivity contribution in [3.63, 3.8) is 0 Å². The van der Waals surface area contributed by atoms with Crippen molar-refractivity contribution in [2.45, 2.75) is 50.8 Å². The quantitative estimate of drug-likeness (QED) is 0.594. The zero-order valence-corrected chi connectivity index (χ0v) is 16.3. The predicted octanol–water partition coefficient (Wildman–Crippen LogP) is 1.84. The second kappa shape index (κ2) is 10.3. The van der Waals surface area contributed by atoms with Crippen molar-refractivity contribution in [1.82, 2.24) is 25.5 Å². The second-order valence-corrected chi connectivity index (χ2v) is 6.97. The van der Waals surface area contributed by atoms with Gasteiger partial charge in [-0.25, -0.2) is 4.79 Å². The monoisotopic (exact) mass is 413 g/mol. The Kier molecular flexibility index (Phi) is 7.25. The third-order valence-corrected chi connectivity index (χ3v) is 4.62. The first-order valence-corrected chi connectivity index (χ1v) is 9.67. The van der Waals surface area contributed by atoms with Gasteiger partial charge in [0, 0.05) is 5.92 Å². The minimum atomic E-state index is -1.27. The maximum Gasteiger partial charge on any atom is 0.408 e. The molecule has 0 aliphatic heterocycles. The number of carboxylic acid groups (broad SMARTS) is 1. The molecule has 2 aromatic rings. The van der Waals surface area contributed by atoms with Crippen LogP contribution < -0.4 is 5.32 Å². The van der Waals surface area contributed by atoms with E-state index in [0.717, 1.165) is 29.6 Å². The van der Waals surface area contributed by atoms with Gasteiger partial charge in [-0.3, -0.25) is 9.59 Å². The van der Waals surface area contributed by atoms with Crippen LogP contribution >= 0.6 is 0 Å². The van der Waals surface area contributed by atoms with E-state index in [9.17, 15) is 14.4 Å². The van der Waals surface area contributed by atoms with E-state index in [1.54, 1.807) is 24.3 Å². The smallest absolute Gasteiger partial charge is 0.408 e. The number of carbonyl (C=O) groups excluding carboxylic acids is 2. The van der Waals surface area contributed by atoms with Gasteiger partial charge in [-0.1, -0.05) is 42.5 Å². The number of carbonyl (C=O) groups is 3. The van der Waals surface area contributed by atoms with Crippen molar-refractivity contribution in [2.24, 2.45) is 0 Å². The number of hydrogen-bond donors (Lipinski definition) is 2. The first-order valence-electron chi connectivity index (χ1n) is 9.67. The van der Waals surface area contributed by atoms with Gasteiger partial charge in [0.2, 0.25) is 0 Å². The molecule has 1 amide bonds. The van der Waals surface area contributed by atoms with Crippen LogP contribution in [0.25, 0.3) is 0 Å². The Hall–Kier alpha value is -3.56. The van der Waals surface area contributed by atoms with E-state index in [4.69, 9.17) is 9.84 Å². The molecule has 1 heterocycles. The lowest BCUT2D eigenvalue weighted by Crippen LogP contribution is -2.44. The summed E-state index contributed by atoms with van der Waals surface area (Å²) in [6.45, 7) is -0.302. The lowest BCUT2D eigenvalue weighted by atomic mass is 9.96. The Labute approximate surface area is 172 Å². The topological polar surface area (TPSA) is 136 Å². The first kappa shape index (κ1) is 21.2. The lowest BCUT2D eigenvalue weighted by Gasteiger charge is -2.15. The van der Waals surface area contributed by atoms with Crippen molar-refractivity contribution >= 4 is 17.8 Å². The number of nitrogens with one attached hydrogen (secondary N) is 1. The van der Waals surface area contributed by atoms with Crippen molar-refractivity contribution < 1.29 is 24.2 Å². The molecule has 0 bridgehead atoms. The molecule has 3 rings (SSSR count). The number of alkyl carbamates (subject to hydrolysis) is 1. The van der Waals surface area contributed by atoms with E-state index in [0.29, 0.717) is 5.82 Å². The number of hydrogen-bond acceptors (Lipinski definition) is 7. The summed E-state index contributed by atoms with van der Waals surface area (Å²) in [6, 6.07) is 7.73. The zero-order chi connectivity index (χ0) is 21.3. The van der Waals surface area contributed by atoms with Crippen LogP contribution in [0.3, 0.4) is 0 Å². The van der Waals surface area contributed by atoms with Crippen LogP contribution in [0, 0.1) is 0 Å². The van der Waals surface area contributed by atoms with Crippen molar-refractivity contribution in [2.75, 3.05) is 0 Å². The molecule has 2 unspecified atom stereocenters. The third-order valence-electron chi connectivity index (χ3n) is 4.62. The number of Topliss-reactive ketones (excluding diaryl/α,β-unsaturated/α-hetero) is 1. The van der Waals surface area contributed by atoms with Crippen LogP contribution in [-0.4, -0.2) is 49.2 Å². The van der Waals surface area contributed by atoms with Crippen molar-refractivity contribution in [3.05, 3.63) is 53.9 Å². The summed E-state index contributed by atoms with van der Waals surface area (Å²) in [5, 5.41) is 23.5. The Morgan fingerprint density at radius 1 is 1.27 bits per heavy atom. The molecule has 0 saturated heterocycles. The van der Waals surface area contributed by atoms with Crippen LogP contribution in [0.15, 0.2) is 42.5 Å². The Morgan fingerprint density at radius 3 is 2.77 bits per heavy atom. The van der Waals surface area contributed by atoms with Gasteiger partial charge in [0.15, 0.2) is 11.6 Å². The number of ether oxygens (including phenoxy) is 1. The molecule has 0 saturated carbocycles. The van der Waals surface area contributed by atoms with E-state index in [2.05, 4.69) is 26.8 Å². The number of benzene rings is 1. The highest BCUT2D eigenvalue weighted by Crippen LogP contribution is 2.24. The Morgan fingerprint density at radius 2 is 2.07 bits per heavy atom. The molecular formula is C20H23N5O5. The molecule has 2 N–H and O–H groups in total. The van der Waals surface area contributed by atoms with Gasteiger partial charge >= 0.3 is 12.1 Å². The summed E-state index contributed by atoms with van der Waals surface area (Å²) in [6.07, 6.45) is 5.59. The molecule has 0 radical (unpaired) electrons. The van der Waals surface area contributed by atoms with E-state index in [1.165, 1.54) is 0 Å². The Bertz CT molecular complexity index is 911. The highest BCUT2D eigenvalue weighted by Gasteiger charge is 2.26. The van der Waals surface area contributed by atoms with E-state index < -0.39 is 30.3 Å². The van der Waals surface area contributed by atoms with E-state index in [-0.39, 0.29) is 19.1 Å². The minimum Gasteiger partial charge on any atom is -0.481 e. The highest BCUT2D eigenvalue weighted by atomic mass is 16.5. The summed E-state index contributed by atoms with van der Waals surface area (Å²) in [5.41, 5.74) is 0.768. The summed E-state index contributed by atoms with van der Waals surface area (Å²) in [5.74, 6) is -1.21. The van der Waals surface area contributed by atoms with Crippen LogP contribution in [0.5, 0.6) is 0 Å². The minimum absolute atomic E-state index is 0.00352. The van der Waals surface area contributed by atoms with Gasteiger partial charge in [-0.05, 0) is 30.0 Å². The molecule has 10 nitrogen and oxygen atoms in total. The largest absolute Gasteiger partial charge is 0.481 e. The van der Waals surface area contributed by atoms with Crippen molar-refractivity contribution in [3.8, 4) is 0 Å². The molecule has 1 aliphatic carbocycles. The first-order chi connectivity index (χ1) is 14.5. The summed E-state index contributed by atoms with van der Waals surface area (Å²) < 4.78 is 5.07. The maximum absolute atomic E-state index is 12.6. The Balaban J connectivity index is 1.57. The van der Waals surface area contributed by atoms with Crippen LogP contribution in [0.1, 0.15) is 43.0 Å². The summed E-state index contributed by atoms with van der Waals surface area (Å²) >= 11 is 0. The normalized spacial score (nSPS) is 16.6. The van der Waals surface area contributed by atoms with Gasteiger partial charge in [0.25, 0.3) is 0 Å². The number of amides is 1. The molecule has 1 aromatic carbocycles. The molecule has 158 valence electrons. The molecule has 30 heavy (non-hydrogen) atoms. The number of rotatable bonds is 9. The van der Waals surface area contributed by atoms with E-state index >= 15 is 0 Å². The molecule has 10 heteroatoms. The summed E-state index contributed by atoms with van der Waals surface area (Å²) in [7, 11) is 0. The number of aromatic nitrogens is 4. The number of carboxylic acids is 1. The van der Waals surface area contributed by atoms with Crippen LogP contribution in [-0.2, 0) is 27.5 Å². The number of allylic oxidation sites excluding steroid dienone is 2. The second-order valence-electron chi connectivity index (χ2n) is 6.97. The number of nitrogens with zero attached hydrogens (tertiary/aromatic N) is 4. The molecular weight excluding hydrogens is 390 g/mol. The standard InChI is InChI=1S/C20H23N5O5/c26-17(12-25-23-19(22-24-25)15-9-5-2-6-10-15)16(11-18(27)28)21-20(29)30-13-14-7-3-1-4-8-14/h1,3-5,7-9,15-16H,2,6,10-13H2,(H,21,29)(H,27,28). The predicted molar refractivity (Wildman–Crippen MR) is 104 cm³/mol. The fraction of sp³-hybridized carbons (Fsp3) is 0.400. The molecule has 2 atom stereocenters. The SMILES string of the molecule is O=C(O)CC(NC(=O)OCc1ccccc1)C(=O)Cn1nnc(C2C=CCCC2)n1. The fourth-order valence-corrected chi connectivity index (χ4v) is 3.08. The fourth-order valence-electron chi connectivity index (χ4n) is 3.08. The van der Waals surface area contributed by atoms with Gasteiger partial charge in [0.1, 0.15) is 19.2 Å². The van der Waals surface area contributed by atoms with Gasteiger partial charge in [-0.2, -0.15) is 4.80 Å². The zero-order valence-electron chi connectivity index (χ0n) is 16.3. The van der Waals surface area contributed by atoms with Crippen molar-refractivity contribution in [1.29, 1.82) is 0 Å². The number of ketones is 1.